The Morgan fingerprint density at radius 3 is 2.40 bits per heavy atom. The first-order chi connectivity index (χ1) is 4.84. The van der Waals surface area contributed by atoms with Gasteiger partial charge in [-0.3, -0.25) is 0 Å². The van der Waals surface area contributed by atoms with Gasteiger partial charge in [0, 0.05) is 0 Å². The van der Waals surface area contributed by atoms with Crippen LogP contribution in [0, 0.1) is 0 Å². The average Bonchev–Trinajstić information content (AvgIpc) is 2.05. The molecule has 0 spiro atoms. The van der Waals surface area contributed by atoms with Crippen LogP contribution in [0.5, 0.6) is 0 Å². The number of benzene rings is 1. The Labute approximate surface area is 75.5 Å². The van der Waals surface area contributed by atoms with Crippen molar-refractivity contribution in [2.45, 2.75) is 0 Å². The van der Waals surface area contributed by atoms with Crippen molar-refractivity contribution in [2.24, 2.45) is 0 Å². The molecule has 0 aliphatic heterocycles. The van der Waals surface area contributed by atoms with E-state index in [0.29, 0.717) is 31.8 Å². The summed E-state index contributed by atoms with van der Waals surface area (Å²) in [6.45, 7) is 0. The van der Waals surface area contributed by atoms with Crippen LogP contribution in [-0.4, -0.2) is 32.2 Å². The van der Waals surface area contributed by atoms with Crippen LogP contribution in [0.3, 0.4) is 0 Å². The molecule has 3 heteroatoms. The second-order valence-corrected chi connectivity index (χ2v) is 2.55. The molecule has 0 saturated carbocycles. The van der Waals surface area contributed by atoms with E-state index in [0.717, 1.165) is 0 Å². The Hall–Kier alpha value is -0.388. The molecule has 0 fully saturated rings. The fourth-order valence-corrected chi connectivity index (χ4v) is 1.09. The summed E-state index contributed by atoms with van der Waals surface area (Å²) in [5.41, 5.74) is 0.623. The minimum absolute atomic E-state index is 0.229. The zero-order valence-corrected chi connectivity index (χ0v) is 9.09. The SMILES string of the molecule is O=C([O][Pb])c1ccccc1. The third-order valence-electron chi connectivity index (χ3n) is 1.10. The molecule has 0 bridgehead atoms. The van der Waals surface area contributed by atoms with Crippen molar-refractivity contribution in [1.82, 2.24) is 0 Å². The maximum atomic E-state index is 10.8. The van der Waals surface area contributed by atoms with E-state index in [-0.39, 0.29) is 5.97 Å². The van der Waals surface area contributed by atoms with Crippen LogP contribution in [0.25, 0.3) is 0 Å². The van der Waals surface area contributed by atoms with E-state index in [1.807, 2.05) is 18.2 Å². The fraction of sp³-hybridized carbons (Fsp3) is 0. The number of carbonyl (C=O) groups excluding carboxylic acids is 1. The summed E-state index contributed by atoms with van der Waals surface area (Å²) in [7, 11) is 0. The molecule has 0 amide bonds. The molecular formula is C7H5O2Pb. The Morgan fingerprint density at radius 1 is 1.30 bits per heavy atom. The fourth-order valence-electron chi connectivity index (χ4n) is 0.633. The normalized spacial score (nSPS) is 8.90. The molecule has 0 aliphatic rings. The molecule has 0 atom stereocenters. The zero-order chi connectivity index (χ0) is 7.40. The molecule has 49 valence electrons. The standard InChI is InChI=1S/C7H6O2.Pb/c8-7(9)6-4-2-1-3-5-6;/h1-5H,(H,8,9);/q;+1/p-1. The second-order valence-electron chi connectivity index (χ2n) is 1.76. The second kappa shape index (κ2) is 3.70. The van der Waals surface area contributed by atoms with Crippen molar-refractivity contribution >= 4 is 32.2 Å². The van der Waals surface area contributed by atoms with Gasteiger partial charge in [0.2, 0.25) is 0 Å². The monoisotopic (exact) mass is 329 g/mol. The number of rotatable bonds is 1. The molecule has 0 heterocycles. The first kappa shape index (κ1) is 7.72. The van der Waals surface area contributed by atoms with Crippen molar-refractivity contribution in [1.29, 1.82) is 0 Å². The Balaban J connectivity index is 2.85. The third-order valence-corrected chi connectivity index (χ3v) is 1.82. The Bertz CT molecular complexity index is 220. The molecule has 1 rings (SSSR count). The van der Waals surface area contributed by atoms with Crippen LogP contribution in [0.1, 0.15) is 10.4 Å². The summed E-state index contributed by atoms with van der Waals surface area (Å²) < 4.78 is 4.64. The first-order valence-corrected chi connectivity index (χ1v) is 4.36. The topological polar surface area (TPSA) is 26.3 Å². The molecular weight excluding hydrogens is 323 g/mol. The molecule has 1 aromatic carbocycles. The van der Waals surface area contributed by atoms with E-state index >= 15 is 0 Å². The maximum absolute atomic E-state index is 10.8. The summed E-state index contributed by atoms with van der Waals surface area (Å²) in [4.78, 5) is 10.8. The van der Waals surface area contributed by atoms with E-state index in [4.69, 9.17) is 0 Å². The third kappa shape index (κ3) is 1.80. The van der Waals surface area contributed by atoms with Gasteiger partial charge in [0.05, 0.1) is 0 Å². The van der Waals surface area contributed by atoms with Crippen LogP contribution < -0.4 is 0 Å². The minimum atomic E-state index is -0.229. The quantitative estimate of drug-likeness (QED) is 0.717. The van der Waals surface area contributed by atoms with Crippen LogP contribution in [0.15, 0.2) is 30.3 Å². The van der Waals surface area contributed by atoms with E-state index in [2.05, 4.69) is 2.69 Å². The van der Waals surface area contributed by atoms with Gasteiger partial charge in [-0.1, -0.05) is 0 Å². The van der Waals surface area contributed by atoms with Gasteiger partial charge >= 0.3 is 75.6 Å². The summed E-state index contributed by atoms with van der Waals surface area (Å²) in [6.07, 6.45) is 0. The van der Waals surface area contributed by atoms with Crippen LogP contribution >= 0.6 is 0 Å². The van der Waals surface area contributed by atoms with Crippen LogP contribution in [0.2, 0.25) is 0 Å². The molecule has 2 nitrogen and oxygen atoms in total. The molecule has 1 aromatic rings. The van der Waals surface area contributed by atoms with Crippen LogP contribution in [-0.2, 0) is 2.69 Å². The van der Waals surface area contributed by atoms with E-state index < -0.39 is 0 Å². The van der Waals surface area contributed by atoms with Gasteiger partial charge < -0.3 is 0 Å². The molecule has 0 aromatic heterocycles. The van der Waals surface area contributed by atoms with Crippen LogP contribution in [0.4, 0.5) is 0 Å². The van der Waals surface area contributed by atoms with Gasteiger partial charge in [-0.15, -0.1) is 0 Å². The Kier molecular flexibility index (Phi) is 2.86. The van der Waals surface area contributed by atoms with E-state index in [1.54, 1.807) is 12.1 Å². The summed E-state index contributed by atoms with van der Waals surface area (Å²) in [5, 5.41) is 0. The van der Waals surface area contributed by atoms with Gasteiger partial charge in [0.25, 0.3) is 0 Å². The molecule has 10 heavy (non-hydrogen) atoms. The van der Waals surface area contributed by atoms with Crippen molar-refractivity contribution in [3.63, 3.8) is 0 Å². The van der Waals surface area contributed by atoms with E-state index in [9.17, 15) is 4.79 Å². The van der Waals surface area contributed by atoms with Gasteiger partial charge in [-0.25, -0.2) is 0 Å². The van der Waals surface area contributed by atoms with Crippen molar-refractivity contribution in [2.75, 3.05) is 0 Å². The van der Waals surface area contributed by atoms with E-state index in [1.165, 1.54) is 0 Å². The van der Waals surface area contributed by atoms with Gasteiger partial charge in [0.15, 0.2) is 0 Å². The van der Waals surface area contributed by atoms with Crippen molar-refractivity contribution in [3.8, 4) is 0 Å². The van der Waals surface area contributed by atoms with Crippen molar-refractivity contribution in [3.05, 3.63) is 35.9 Å². The molecule has 0 aliphatic carbocycles. The molecule has 0 unspecified atom stereocenters. The molecule has 3 radical (unpaired) electrons. The van der Waals surface area contributed by atoms with Gasteiger partial charge in [-0.05, 0) is 0 Å². The summed E-state index contributed by atoms with van der Waals surface area (Å²) in [5.74, 6) is -0.229. The molecule has 0 saturated heterocycles. The zero-order valence-electron chi connectivity index (χ0n) is 5.20. The Morgan fingerprint density at radius 2 is 1.90 bits per heavy atom. The number of hydrogen-bond donors (Lipinski definition) is 0. The first-order valence-electron chi connectivity index (χ1n) is 2.77. The average molecular weight is 328 g/mol. The van der Waals surface area contributed by atoms with Gasteiger partial charge in [0.1, 0.15) is 0 Å². The van der Waals surface area contributed by atoms with Gasteiger partial charge in [-0.2, -0.15) is 0 Å². The predicted molar refractivity (Wildman–Crippen MR) is 37.6 cm³/mol. The number of carbonyl (C=O) groups is 1. The predicted octanol–water partition coefficient (Wildman–Crippen LogP) is 0.927. The summed E-state index contributed by atoms with van der Waals surface area (Å²) >= 11 is 0.458. The number of hydrogen-bond acceptors (Lipinski definition) is 2. The summed E-state index contributed by atoms with van der Waals surface area (Å²) in [6, 6.07) is 8.96. The molecule has 0 N–H and O–H groups in total. The van der Waals surface area contributed by atoms with Crippen molar-refractivity contribution < 1.29 is 7.48 Å².